The fraction of sp³-hybridized carbons (Fsp3) is 0.667. The molecular formula is C21H31N3O3S. The van der Waals surface area contributed by atoms with E-state index in [4.69, 9.17) is 0 Å². The van der Waals surface area contributed by atoms with Crippen molar-refractivity contribution in [1.82, 2.24) is 9.62 Å². The monoisotopic (exact) mass is 405 g/mol. The molecule has 154 valence electrons. The predicted molar refractivity (Wildman–Crippen MR) is 110 cm³/mol. The van der Waals surface area contributed by atoms with Crippen LogP contribution in [-0.4, -0.2) is 50.9 Å². The van der Waals surface area contributed by atoms with Crippen molar-refractivity contribution in [2.45, 2.75) is 69.4 Å². The van der Waals surface area contributed by atoms with E-state index in [9.17, 15) is 13.2 Å². The quantitative estimate of drug-likeness (QED) is 0.790. The minimum Gasteiger partial charge on any atom is -0.309 e. The summed E-state index contributed by atoms with van der Waals surface area (Å²) >= 11 is 0. The standard InChI is InChI=1S/C21H31N3O3S/c1-15-5-3-4-11-23(15)12-10-22-28(26,27)19-8-9-20-18(14-19)13-16(2)24(20)21(25)17-6-7-17/h8-9,14-17,22H,3-7,10-13H2,1-2H3/t15-,16+/m1/s1. The average Bonchev–Trinajstić information content (AvgIpc) is 3.45. The van der Waals surface area contributed by atoms with Crippen molar-refractivity contribution in [2.75, 3.05) is 24.5 Å². The number of nitrogens with zero attached hydrogens (tertiary/aromatic N) is 2. The zero-order valence-electron chi connectivity index (χ0n) is 16.9. The lowest BCUT2D eigenvalue weighted by Crippen LogP contribution is -2.42. The van der Waals surface area contributed by atoms with E-state index < -0.39 is 10.0 Å². The van der Waals surface area contributed by atoms with E-state index >= 15 is 0 Å². The molecule has 1 saturated heterocycles. The minimum absolute atomic E-state index is 0.0922. The first-order chi connectivity index (χ1) is 13.4. The Labute approximate surface area is 168 Å². The van der Waals surface area contributed by atoms with Crippen LogP contribution in [-0.2, 0) is 21.2 Å². The van der Waals surface area contributed by atoms with Crippen molar-refractivity contribution in [3.63, 3.8) is 0 Å². The van der Waals surface area contributed by atoms with Gasteiger partial charge in [0.2, 0.25) is 15.9 Å². The van der Waals surface area contributed by atoms with Crippen LogP contribution in [0, 0.1) is 5.92 Å². The molecule has 1 saturated carbocycles. The third-order valence-electron chi connectivity index (χ3n) is 6.37. The zero-order chi connectivity index (χ0) is 19.9. The van der Waals surface area contributed by atoms with Crippen molar-refractivity contribution in [3.05, 3.63) is 23.8 Å². The van der Waals surface area contributed by atoms with Crippen molar-refractivity contribution < 1.29 is 13.2 Å². The fourth-order valence-electron chi connectivity index (χ4n) is 4.53. The van der Waals surface area contributed by atoms with E-state index in [1.165, 1.54) is 19.3 Å². The summed E-state index contributed by atoms with van der Waals surface area (Å²) in [5, 5.41) is 0. The van der Waals surface area contributed by atoms with Gasteiger partial charge in [0.05, 0.1) is 4.90 Å². The highest BCUT2D eigenvalue weighted by Crippen LogP contribution is 2.39. The van der Waals surface area contributed by atoms with Gasteiger partial charge in [0, 0.05) is 36.8 Å². The fourth-order valence-corrected chi connectivity index (χ4v) is 5.61. The van der Waals surface area contributed by atoms with Crippen molar-refractivity contribution >= 4 is 21.6 Å². The van der Waals surface area contributed by atoms with E-state index in [0.29, 0.717) is 23.9 Å². The Bertz CT molecular complexity index is 850. The van der Waals surface area contributed by atoms with Gasteiger partial charge < -0.3 is 4.90 Å². The first kappa shape index (κ1) is 19.9. The SMILES string of the molecule is C[C@@H]1CCCCN1CCNS(=O)(=O)c1ccc2c(c1)C[C@H](C)N2C(=O)C1CC1. The third kappa shape index (κ3) is 3.98. The molecule has 1 aromatic carbocycles. The highest BCUT2D eigenvalue weighted by atomic mass is 32.2. The number of rotatable bonds is 6. The Balaban J connectivity index is 1.42. The van der Waals surface area contributed by atoms with Crippen molar-refractivity contribution in [2.24, 2.45) is 5.92 Å². The third-order valence-corrected chi connectivity index (χ3v) is 7.83. The smallest absolute Gasteiger partial charge is 0.240 e. The zero-order valence-corrected chi connectivity index (χ0v) is 17.7. The highest BCUT2D eigenvalue weighted by molar-refractivity contribution is 7.89. The number of piperidine rings is 1. The van der Waals surface area contributed by atoms with E-state index in [0.717, 1.165) is 37.2 Å². The van der Waals surface area contributed by atoms with Crippen LogP contribution < -0.4 is 9.62 Å². The number of fused-ring (bicyclic) bond motifs is 1. The van der Waals surface area contributed by atoms with Crippen molar-refractivity contribution in [3.8, 4) is 0 Å². The van der Waals surface area contributed by atoms with Crippen LogP contribution in [0.3, 0.4) is 0 Å². The molecular weight excluding hydrogens is 374 g/mol. The van der Waals surface area contributed by atoms with Gasteiger partial charge in [0.25, 0.3) is 0 Å². The molecule has 2 fully saturated rings. The second kappa shape index (κ2) is 7.76. The van der Waals surface area contributed by atoms with Crippen LogP contribution in [0.4, 0.5) is 5.69 Å². The highest BCUT2D eigenvalue weighted by Gasteiger charge is 2.39. The molecule has 6 nitrogen and oxygen atoms in total. The normalized spacial score (nSPS) is 25.7. The first-order valence-corrected chi connectivity index (χ1v) is 12.0. The largest absolute Gasteiger partial charge is 0.309 e. The number of sulfonamides is 1. The van der Waals surface area contributed by atoms with Gasteiger partial charge in [-0.3, -0.25) is 9.69 Å². The summed E-state index contributed by atoms with van der Waals surface area (Å²) in [6, 6.07) is 5.80. The Morgan fingerprint density at radius 3 is 2.64 bits per heavy atom. The van der Waals surface area contributed by atoms with Crippen LogP contribution in [0.5, 0.6) is 0 Å². The second-order valence-electron chi connectivity index (χ2n) is 8.60. The number of likely N-dealkylation sites (tertiary alicyclic amines) is 1. The number of amides is 1. The van der Waals surface area contributed by atoms with E-state index in [1.807, 2.05) is 11.8 Å². The molecule has 0 spiro atoms. The van der Waals surface area contributed by atoms with Gasteiger partial charge in [-0.25, -0.2) is 13.1 Å². The Morgan fingerprint density at radius 2 is 1.93 bits per heavy atom. The maximum atomic E-state index is 12.8. The van der Waals surface area contributed by atoms with E-state index in [1.54, 1.807) is 18.2 Å². The number of anilines is 1. The molecule has 1 aliphatic carbocycles. The maximum absolute atomic E-state index is 12.8. The topological polar surface area (TPSA) is 69.7 Å². The molecule has 0 bridgehead atoms. The van der Waals surface area contributed by atoms with Crippen LogP contribution in [0.2, 0.25) is 0 Å². The number of carbonyl (C=O) groups excluding carboxylic acids is 1. The van der Waals surface area contributed by atoms with E-state index in [-0.39, 0.29) is 17.9 Å². The molecule has 28 heavy (non-hydrogen) atoms. The predicted octanol–water partition coefficient (Wildman–Crippen LogP) is 2.53. The van der Waals surface area contributed by atoms with Gasteiger partial charge in [-0.1, -0.05) is 6.42 Å². The Kier molecular flexibility index (Phi) is 5.51. The summed E-state index contributed by atoms with van der Waals surface area (Å²) in [5.41, 5.74) is 1.83. The molecule has 1 N–H and O–H groups in total. The summed E-state index contributed by atoms with van der Waals surface area (Å²) in [5.74, 6) is 0.353. The number of benzene rings is 1. The molecule has 2 atom stereocenters. The van der Waals surface area contributed by atoms with Gasteiger partial charge >= 0.3 is 0 Å². The lowest BCUT2D eigenvalue weighted by atomic mass is 10.0. The summed E-state index contributed by atoms with van der Waals surface area (Å²) < 4.78 is 28.3. The van der Waals surface area contributed by atoms with Gasteiger partial charge in [0.1, 0.15) is 0 Å². The Morgan fingerprint density at radius 1 is 1.14 bits per heavy atom. The lowest BCUT2D eigenvalue weighted by Gasteiger charge is -2.33. The summed E-state index contributed by atoms with van der Waals surface area (Å²) in [7, 11) is -3.54. The van der Waals surface area contributed by atoms with Crippen molar-refractivity contribution in [1.29, 1.82) is 0 Å². The Hall–Kier alpha value is -1.44. The second-order valence-corrected chi connectivity index (χ2v) is 10.4. The summed E-state index contributed by atoms with van der Waals surface area (Å²) in [4.78, 5) is 17.1. The van der Waals surface area contributed by atoms with Crippen LogP contribution >= 0.6 is 0 Å². The molecule has 3 aliphatic rings. The minimum atomic E-state index is -3.54. The van der Waals surface area contributed by atoms with Gasteiger partial charge in [0.15, 0.2) is 0 Å². The van der Waals surface area contributed by atoms with Crippen LogP contribution in [0.1, 0.15) is 51.5 Å². The molecule has 0 radical (unpaired) electrons. The number of nitrogens with one attached hydrogen (secondary N) is 1. The summed E-state index contributed by atoms with van der Waals surface area (Å²) in [6.07, 6.45) is 6.30. The van der Waals surface area contributed by atoms with E-state index in [2.05, 4.69) is 16.5 Å². The average molecular weight is 406 g/mol. The molecule has 1 amide bonds. The molecule has 1 aromatic rings. The number of hydrogen-bond donors (Lipinski definition) is 1. The lowest BCUT2D eigenvalue weighted by molar-refractivity contribution is -0.120. The van der Waals surface area contributed by atoms with Crippen LogP contribution in [0.25, 0.3) is 0 Å². The number of carbonyl (C=O) groups is 1. The molecule has 4 rings (SSSR count). The molecule has 7 heteroatoms. The van der Waals surface area contributed by atoms with Crippen LogP contribution in [0.15, 0.2) is 23.1 Å². The maximum Gasteiger partial charge on any atom is 0.240 e. The van der Waals surface area contributed by atoms with Gasteiger partial charge in [-0.15, -0.1) is 0 Å². The van der Waals surface area contributed by atoms with Gasteiger partial charge in [-0.2, -0.15) is 0 Å². The summed E-state index contributed by atoms with van der Waals surface area (Å²) in [6.45, 7) is 6.46. The first-order valence-electron chi connectivity index (χ1n) is 10.6. The van der Waals surface area contributed by atoms with Gasteiger partial charge in [-0.05, 0) is 76.3 Å². The molecule has 0 unspecified atom stereocenters. The molecule has 2 aliphatic heterocycles. The molecule has 0 aromatic heterocycles. The number of hydrogen-bond acceptors (Lipinski definition) is 4. The molecule has 2 heterocycles.